The van der Waals surface area contributed by atoms with E-state index in [0.717, 1.165) is 16.9 Å². The van der Waals surface area contributed by atoms with Gasteiger partial charge < -0.3 is 9.73 Å². The summed E-state index contributed by atoms with van der Waals surface area (Å²) in [4.78, 5) is 16.6. The van der Waals surface area contributed by atoms with E-state index in [2.05, 4.69) is 15.4 Å². The highest BCUT2D eigenvalue weighted by molar-refractivity contribution is 5.76. The number of hydrogen-bond donors (Lipinski definition) is 1. The van der Waals surface area contributed by atoms with Gasteiger partial charge in [0.1, 0.15) is 5.82 Å². The summed E-state index contributed by atoms with van der Waals surface area (Å²) in [6.07, 6.45) is 3.81. The van der Waals surface area contributed by atoms with Crippen LogP contribution < -0.4 is 5.32 Å². The Balaban J connectivity index is 1.36. The molecule has 0 fully saturated rings. The average molecular weight is 418 g/mol. The predicted molar refractivity (Wildman–Crippen MR) is 115 cm³/mol. The maximum atomic E-state index is 13.9. The molecule has 4 aromatic rings. The zero-order chi connectivity index (χ0) is 21.8. The number of oxazole rings is 1. The molecule has 0 saturated carbocycles. The van der Waals surface area contributed by atoms with Crippen LogP contribution in [0.5, 0.6) is 0 Å². The zero-order valence-electron chi connectivity index (χ0n) is 17.4. The predicted octanol–water partition coefficient (Wildman–Crippen LogP) is 4.78. The molecule has 0 aliphatic carbocycles. The summed E-state index contributed by atoms with van der Waals surface area (Å²) in [6.45, 7) is 3.91. The Labute approximate surface area is 179 Å². The van der Waals surface area contributed by atoms with Gasteiger partial charge in [-0.15, -0.1) is 0 Å². The van der Waals surface area contributed by atoms with E-state index in [0.29, 0.717) is 23.6 Å². The normalized spacial score (nSPS) is 12.0. The van der Waals surface area contributed by atoms with E-state index in [1.807, 2.05) is 48.9 Å². The van der Waals surface area contributed by atoms with E-state index in [-0.39, 0.29) is 24.2 Å². The molecule has 0 aliphatic rings. The van der Waals surface area contributed by atoms with Gasteiger partial charge in [0.15, 0.2) is 11.7 Å². The fourth-order valence-electron chi connectivity index (χ4n) is 3.50. The van der Waals surface area contributed by atoms with Gasteiger partial charge in [0.25, 0.3) is 0 Å². The second kappa shape index (κ2) is 8.95. The summed E-state index contributed by atoms with van der Waals surface area (Å²) in [5.41, 5.74) is 3.25. The van der Waals surface area contributed by atoms with E-state index in [9.17, 15) is 9.18 Å². The van der Waals surface area contributed by atoms with Gasteiger partial charge in [0.2, 0.25) is 5.91 Å². The molecular formula is C24H23FN4O2. The maximum Gasteiger partial charge on any atom is 0.220 e. The molecule has 0 aliphatic heterocycles. The van der Waals surface area contributed by atoms with E-state index in [1.165, 1.54) is 12.3 Å². The SMILES string of the molecule is Cc1c(C(C)NC(=O)CCc2ncc(-c3ccccc3F)o2)cnn1-c1ccccc1. The van der Waals surface area contributed by atoms with Crippen LogP contribution >= 0.6 is 0 Å². The van der Waals surface area contributed by atoms with Crippen LogP contribution in [0, 0.1) is 12.7 Å². The number of nitrogens with zero attached hydrogens (tertiary/aromatic N) is 3. The number of carbonyl (C=O) groups is 1. The molecule has 2 heterocycles. The lowest BCUT2D eigenvalue weighted by molar-refractivity contribution is -0.121. The molecule has 1 unspecified atom stereocenters. The number of rotatable bonds is 7. The lowest BCUT2D eigenvalue weighted by Crippen LogP contribution is -2.27. The van der Waals surface area contributed by atoms with Crippen molar-refractivity contribution < 1.29 is 13.6 Å². The molecular weight excluding hydrogens is 395 g/mol. The summed E-state index contributed by atoms with van der Waals surface area (Å²) in [6, 6.07) is 16.0. The van der Waals surface area contributed by atoms with Crippen LogP contribution in [-0.2, 0) is 11.2 Å². The number of benzene rings is 2. The molecule has 4 rings (SSSR count). The van der Waals surface area contributed by atoms with Crippen molar-refractivity contribution in [1.82, 2.24) is 20.1 Å². The number of amides is 1. The van der Waals surface area contributed by atoms with E-state index in [4.69, 9.17) is 4.42 Å². The largest absolute Gasteiger partial charge is 0.441 e. The maximum absolute atomic E-state index is 13.9. The van der Waals surface area contributed by atoms with Crippen LogP contribution in [0.2, 0.25) is 0 Å². The lowest BCUT2D eigenvalue weighted by Gasteiger charge is -2.14. The third kappa shape index (κ3) is 4.55. The molecule has 0 saturated heterocycles. The molecule has 0 bridgehead atoms. The van der Waals surface area contributed by atoms with Crippen LogP contribution in [0.4, 0.5) is 4.39 Å². The zero-order valence-corrected chi connectivity index (χ0v) is 17.4. The summed E-state index contributed by atoms with van der Waals surface area (Å²) in [7, 11) is 0. The van der Waals surface area contributed by atoms with Crippen molar-refractivity contribution in [2.24, 2.45) is 0 Å². The summed E-state index contributed by atoms with van der Waals surface area (Å²) in [5, 5.41) is 7.45. The van der Waals surface area contributed by atoms with Crippen LogP contribution in [0.1, 0.15) is 36.5 Å². The molecule has 6 nitrogen and oxygen atoms in total. The van der Waals surface area contributed by atoms with Gasteiger partial charge in [-0.3, -0.25) is 4.79 Å². The second-order valence-corrected chi connectivity index (χ2v) is 7.32. The Morgan fingerprint density at radius 1 is 1.13 bits per heavy atom. The molecule has 2 aromatic carbocycles. The first kappa shape index (κ1) is 20.5. The second-order valence-electron chi connectivity index (χ2n) is 7.32. The van der Waals surface area contributed by atoms with Gasteiger partial charge in [-0.1, -0.05) is 30.3 Å². The molecule has 158 valence electrons. The molecule has 1 N–H and O–H groups in total. The van der Waals surface area contributed by atoms with Crippen LogP contribution in [0.25, 0.3) is 17.0 Å². The smallest absolute Gasteiger partial charge is 0.220 e. The third-order valence-corrected chi connectivity index (χ3v) is 5.15. The van der Waals surface area contributed by atoms with E-state index >= 15 is 0 Å². The van der Waals surface area contributed by atoms with Gasteiger partial charge in [-0.05, 0) is 38.1 Å². The quantitative estimate of drug-likeness (QED) is 0.469. The highest BCUT2D eigenvalue weighted by Gasteiger charge is 2.17. The summed E-state index contributed by atoms with van der Waals surface area (Å²) >= 11 is 0. The topological polar surface area (TPSA) is 73.0 Å². The lowest BCUT2D eigenvalue weighted by atomic mass is 10.1. The molecule has 0 radical (unpaired) electrons. The number of aromatic nitrogens is 3. The first-order valence-electron chi connectivity index (χ1n) is 10.1. The number of aryl methyl sites for hydroxylation is 1. The van der Waals surface area contributed by atoms with Gasteiger partial charge >= 0.3 is 0 Å². The Hall–Kier alpha value is -3.74. The molecule has 1 amide bonds. The standard InChI is InChI=1S/C24H23FN4O2/c1-16(20-14-27-29(17(20)2)18-8-4-3-5-9-18)28-23(30)12-13-24-26-15-22(31-24)19-10-6-7-11-21(19)25/h3-11,14-16H,12-13H2,1-2H3,(H,28,30). The number of hydrogen-bond acceptors (Lipinski definition) is 4. The molecule has 2 aromatic heterocycles. The van der Waals surface area contributed by atoms with E-state index < -0.39 is 0 Å². The monoisotopic (exact) mass is 418 g/mol. The van der Waals surface area contributed by atoms with Crippen LogP contribution in [-0.4, -0.2) is 20.7 Å². The number of halogens is 1. The molecule has 1 atom stereocenters. The van der Waals surface area contributed by atoms with Crippen LogP contribution in [0.15, 0.2) is 71.4 Å². The van der Waals surface area contributed by atoms with E-state index in [1.54, 1.807) is 24.4 Å². The van der Waals surface area contributed by atoms with Crippen molar-refractivity contribution in [3.05, 3.63) is 90.0 Å². The molecule has 31 heavy (non-hydrogen) atoms. The number of para-hydroxylation sites is 1. The first-order chi connectivity index (χ1) is 15.0. The summed E-state index contributed by atoms with van der Waals surface area (Å²) in [5.74, 6) is 0.258. The Bertz CT molecular complexity index is 1180. The first-order valence-corrected chi connectivity index (χ1v) is 10.1. The number of nitrogens with one attached hydrogen (secondary N) is 1. The number of carbonyl (C=O) groups excluding carboxylic acids is 1. The van der Waals surface area contributed by atoms with Crippen molar-refractivity contribution in [3.63, 3.8) is 0 Å². The van der Waals surface area contributed by atoms with Crippen molar-refractivity contribution in [1.29, 1.82) is 0 Å². The van der Waals surface area contributed by atoms with Crippen molar-refractivity contribution in [3.8, 4) is 17.0 Å². The highest BCUT2D eigenvalue weighted by atomic mass is 19.1. The third-order valence-electron chi connectivity index (χ3n) is 5.15. The fraction of sp³-hybridized carbons (Fsp3) is 0.208. The highest BCUT2D eigenvalue weighted by Crippen LogP contribution is 2.24. The van der Waals surface area contributed by atoms with Crippen molar-refractivity contribution in [2.75, 3.05) is 0 Å². The van der Waals surface area contributed by atoms with Crippen LogP contribution in [0.3, 0.4) is 0 Å². The average Bonchev–Trinajstić information content (AvgIpc) is 3.40. The minimum absolute atomic E-state index is 0.120. The molecule has 7 heteroatoms. The summed E-state index contributed by atoms with van der Waals surface area (Å²) < 4.78 is 21.4. The van der Waals surface area contributed by atoms with Crippen molar-refractivity contribution >= 4 is 5.91 Å². The van der Waals surface area contributed by atoms with Gasteiger partial charge in [-0.25, -0.2) is 14.1 Å². The Kier molecular flexibility index (Phi) is 5.93. The van der Waals surface area contributed by atoms with Gasteiger partial charge in [0.05, 0.1) is 29.7 Å². The molecule has 0 spiro atoms. The van der Waals surface area contributed by atoms with Gasteiger partial charge in [0, 0.05) is 24.1 Å². The van der Waals surface area contributed by atoms with Crippen molar-refractivity contribution in [2.45, 2.75) is 32.7 Å². The minimum Gasteiger partial charge on any atom is -0.441 e. The Morgan fingerprint density at radius 2 is 1.87 bits per heavy atom. The fourth-order valence-corrected chi connectivity index (χ4v) is 3.50. The minimum atomic E-state index is -0.372. The van der Waals surface area contributed by atoms with Gasteiger partial charge in [-0.2, -0.15) is 5.10 Å². The Morgan fingerprint density at radius 3 is 2.65 bits per heavy atom.